The van der Waals surface area contributed by atoms with Crippen molar-refractivity contribution in [2.45, 2.75) is 31.0 Å². The van der Waals surface area contributed by atoms with E-state index in [4.69, 9.17) is 5.73 Å². The SMILES string of the molecule is CCN1CCN(S(=O)(=O)c2sc(N)nc2C)CC1C. The van der Waals surface area contributed by atoms with Crippen molar-refractivity contribution >= 4 is 26.5 Å². The van der Waals surface area contributed by atoms with Crippen molar-refractivity contribution < 1.29 is 8.42 Å². The third kappa shape index (κ3) is 2.76. The second-order valence-corrected chi connectivity index (χ2v) is 7.93. The summed E-state index contributed by atoms with van der Waals surface area (Å²) in [6.45, 7) is 8.59. The zero-order valence-corrected chi connectivity index (χ0v) is 13.1. The number of hydrogen-bond acceptors (Lipinski definition) is 6. The highest BCUT2D eigenvalue weighted by Gasteiger charge is 2.34. The van der Waals surface area contributed by atoms with Crippen LogP contribution in [0.25, 0.3) is 0 Å². The summed E-state index contributed by atoms with van der Waals surface area (Å²) >= 11 is 1.05. The van der Waals surface area contributed by atoms with Crippen molar-refractivity contribution in [1.29, 1.82) is 0 Å². The molecule has 1 aliphatic rings. The minimum Gasteiger partial charge on any atom is -0.375 e. The number of piperazine rings is 1. The van der Waals surface area contributed by atoms with Crippen molar-refractivity contribution in [2.24, 2.45) is 0 Å². The third-order valence-electron chi connectivity index (χ3n) is 3.48. The molecule has 0 amide bonds. The van der Waals surface area contributed by atoms with Gasteiger partial charge in [0, 0.05) is 25.7 Å². The zero-order valence-electron chi connectivity index (χ0n) is 11.5. The van der Waals surface area contributed by atoms with Gasteiger partial charge in [-0.15, -0.1) is 0 Å². The van der Waals surface area contributed by atoms with Crippen LogP contribution in [0.15, 0.2) is 4.21 Å². The van der Waals surface area contributed by atoms with E-state index in [1.54, 1.807) is 11.2 Å². The molecule has 2 heterocycles. The highest BCUT2D eigenvalue weighted by Crippen LogP contribution is 2.29. The lowest BCUT2D eigenvalue weighted by molar-refractivity contribution is 0.136. The predicted molar refractivity (Wildman–Crippen MR) is 76.7 cm³/mol. The molecule has 0 saturated carbocycles. The first kappa shape index (κ1) is 14.7. The number of sulfonamides is 1. The van der Waals surface area contributed by atoms with Crippen LogP contribution < -0.4 is 5.73 Å². The molecular weight excluding hydrogens is 284 g/mol. The molecule has 1 aliphatic heterocycles. The molecule has 1 unspecified atom stereocenters. The van der Waals surface area contributed by atoms with Crippen LogP contribution in [0, 0.1) is 6.92 Å². The monoisotopic (exact) mass is 304 g/mol. The van der Waals surface area contributed by atoms with Gasteiger partial charge in [0.2, 0.25) is 0 Å². The molecule has 0 bridgehead atoms. The quantitative estimate of drug-likeness (QED) is 0.891. The van der Waals surface area contributed by atoms with E-state index in [-0.39, 0.29) is 10.3 Å². The summed E-state index contributed by atoms with van der Waals surface area (Å²) in [6.07, 6.45) is 0. The Labute approximate surface area is 118 Å². The maximum Gasteiger partial charge on any atom is 0.254 e. The predicted octanol–water partition coefficient (Wildman–Crippen LogP) is 0.748. The van der Waals surface area contributed by atoms with Gasteiger partial charge in [-0.3, -0.25) is 4.90 Å². The summed E-state index contributed by atoms with van der Waals surface area (Å²) in [5.74, 6) is 0. The number of nitrogens with two attached hydrogens (primary N) is 1. The van der Waals surface area contributed by atoms with Crippen LogP contribution in [-0.4, -0.2) is 54.8 Å². The van der Waals surface area contributed by atoms with Gasteiger partial charge >= 0.3 is 0 Å². The van der Waals surface area contributed by atoms with Gasteiger partial charge in [0.25, 0.3) is 10.0 Å². The van der Waals surface area contributed by atoms with Crippen molar-refractivity contribution in [3.8, 4) is 0 Å². The van der Waals surface area contributed by atoms with E-state index in [1.165, 1.54) is 0 Å². The third-order valence-corrected chi connectivity index (χ3v) is 6.92. The highest BCUT2D eigenvalue weighted by atomic mass is 32.2. The Morgan fingerprint density at radius 1 is 1.47 bits per heavy atom. The summed E-state index contributed by atoms with van der Waals surface area (Å²) < 4.78 is 27.0. The summed E-state index contributed by atoms with van der Waals surface area (Å²) in [7, 11) is -3.45. The van der Waals surface area contributed by atoms with Crippen LogP contribution in [0.2, 0.25) is 0 Å². The summed E-state index contributed by atoms with van der Waals surface area (Å²) in [6, 6.07) is 0.235. The number of anilines is 1. The molecule has 1 atom stereocenters. The minimum atomic E-state index is -3.45. The molecular formula is C11H20N4O2S2. The Hall–Kier alpha value is -0.700. The van der Waals surface area contributed by atoms with Crippen LogP contribution in [0.4, 0.5) is 5.13 Å². The average molecular weight is 304 g/mol. The van der Waals surface area contributed by atoms with Gasteiger partial charge < -0.3 is 5.73 Å². The Morgan fingerprint density at radius 2 is 2.16 bits per heavy atom. The van der Waals surface area contributed by atoms with Crippen molar-refractivity contribution in [3.05, 3.63) is 5.69 Å². The number of aromatic nitrogens is 1. The number of nitrogens with zero attached hydrogens (tertiary/aromatic N) is 3. The fourth-order valence-corrected chi connectivity index (χ4v) is 5.36. The Bertz CT molecular complexity index is 555. The standard InChI is InChI=1S/C11H20N4O2S2/c1-4-14-5-6-15(7-8(14)2)19(16,17)10-9(3)13-11(12)18-10/h8H,4-7H2,1-3H3,(H2,12,13). The fraction of sp³-hybridized carbons (Fsp3) is 0.727. The topological polar surface area (TPSA) is 79.5 Å². The van der Waals surface area contributed by atoms with Gasteiger partial charge in [0.1, 0.15) is 0 Å². The van der Waals surface area contributed by atoms with Crippen LogP contribution in [0.5, 0.6) is 0 Å². The van der Waals surface area contributed by atoms with Gasteiger partial charge in [0.05, 0.1) is 5.69 Å². The first-order chi connectivity index (χ1) is 8.86. The van der Waals surface area contributed by atoms with Crippen LogP contribution in [-0.2, 0) is 10.0 Å². The van der Waals surface area contributed by atoms with E-state index in [9.17, 15) is 8.42 Å². The lowest BCUT2D eigenvalue weighted by Gasteiger charge is -2.38. The number of nitrogen functional groups attached to an aromatic ring is 1. The van der Waals surface area contributed by atoms with Crippen molar-refractivity contribution in [1.82, 2.24) is 14.2 Å². The first-order valence-corrected chi connectivity index (χ1v) is 8.59. The maximum absolute atomic E-state index is 12.6. The van der Waals surface area contributed by atoms with Crippen LogP contribution in [0.3, 0.4) is 0 Å². The Balaban J connectivity index is 2.24. The van der Waals surface area contributed by atoms with Gasteiger partial charge in [-0.1, -0.05) is 18.3 Å². The fourth-order valence-electron chi connectivity index (χ4n) is 2.41. The first-order valence-electron chi connectivity index (χ1n) is 6.33. The molecule has 1 aromatic rings. The highest BCUT2D eigenvalue weighted by molar-refractivity contribution is 7.91. The summed E-state index contributed by atoms with van der Waals surface area (Å²) in [5.41, 5.74) is 6.09. The number of thiazole rings is 1. The summed E-state index contributed by atoms with van der Waals surface area (Å²) in [5, 5.41) is 0.302. The van der Waals surface area contributed by atoms with Crippen LogP contribution in [0.1, 0.15) is 19.5 Å². The van der Waals surface area contributed by atoms with E-state index in [1.807, 2.05) is 0 Å². The average Bonchev–Trinajstić information content (AvgIpc) is 2.69. The van der Waals surface area contributed by atoms with E-state index in [2.05, 4.69) is 23.7 Å². The van der Waals surface area contributed by atoms with E-state index in [0.717, 1.165) is 24.4 Å². The molecule has 0 aromatic carbocycles. The van der Waals surface area contributed by atoms with Gasteiger partial charge in [-0.05, 0) is 20.4 Å². The normalized spacial score (nSPS) is 22.8. The molecule has 19 heavy (non-hydrogen) atoms. The smallest absolute Gasteiger partial charge is 0.254 e. The van der Waals surface area contributed by atoms with Gasteiger partial charge in [-0.25, -0.2) is 13.4 Å². The van der Waals surface area contributed by atoms with E-state index < -0.39 is 10.0 Å². The number of hydrogen-bond donors (Lipinski definition) is 1. The largest absolute Gasteiger partial charge is 0.375 e. The van der Waals surface area contributed by atoms with Crippen LogP contribution >= 0.6 is 11.3 Å². The maximum atomic E-state index is 12.6. The Morgan fingerprint density at radius 3 is 2.63 bits per heavy atom. The van der Waals surface area contributed by atoms with Gasteiger partial charge in [0.15, 0.2) is 9.34 Å². The lowest BCUT2D eigenvalue weighted by atomic mass is 10.2. The molecule has 1 aromatic heterocycles. The zero-order chi connectivity index (χ0) is 14.2. The molecule has 108 valence electrons. The molecule has 8 heteroatoms. The minimum absolute atomic E-state index is 0.235. The van der Waals surface area contributed by atoms with E-state index in [0.29, 0.717) is 23.9 Å². The van der Waals surface area contributed by atoms with Crippen molar-refractivity contribution in [2.75, 3.05) is 31.9 Å². The second kappa shape index (κ2) is 5.35. The molecule has 0 radical (unpaired) electrons. The number of likely N-dealkylation sites (N-methyl/N-ethyl adjacent to an activating group) is 1. The number of aryl methyl sites for hydroxylation is 1. The molecule has 0 aliphatic carbocycles. The molecule has 1 fully saturated rings. The van der Waals surface area contributed by atoms with Crippen molar-refractivity contribution in [3.63, 3.8) is 0 Å². The van der Waals surface area contributed by atoms with Gasteiger partial charge in [-0.2, -0.15) is 4.31 Å². The molecule has 2 N–H and O–H groups in total. The molecule has 2 rings (SSSR count). The second-order valence-electron chi connectivity index (χ2n) is 4.77. The summed E-state index contributed by atoms with van der Waals surface area (Å²) in [4.78, 5) is 6.28. The molecule has 1 saturated heterocycles. The molecule has 6 nitrogen and oxygen atoms in total. The van der Waals surface area contributed by atoms with E-state index >= 15 is 0 Å². The molecule has 0 spiro atoms. The Kier molecular flexibility index (Phi) is 4.14. The lowest BCUT2D eigenvalue weighted by Crippen LogP contribution is -2.53. The number of rotatable bonds is 3.